The van der Waals surface area contributed by atoms with E-state index >= 15 is 0 Å². The molecule has 0 radical (unpaired) electrons. The third kappa shape index (κ3) is 4.70. The molecule has 1 saturated heterocycles. The highest BCUT2D eigenvalue weighted by atomic mass is 19.4. The van der Waals surface area contributed by atoms with Crippen LogP contribution in [-0.4, -0.2) is 30.5 Å². The van der Waals surface area contributed by atoms with Gasteiger partial charge in [-0.25, -0.2) is 0 Å². The first-order valence-corrected chi connectivity index (χ1v) is 5.60. The Kier molecular flexibility index (Phi) is 3.90. The minimum absolute atomic E-state index is 0.123. The molecule has 1 aliphatic heterocycles. The van der Waals surface area contributed by atoms with Crippen molar-refractivity contribution >= 4 is 0 Å². The Hall–Kier alpha value is -0.290. The van der Waals surface area contributed by atoms with E-state index in [-0.39, 0.29) is 12.0 Å². The molecule has 0 spiro atoms. The maximum atomic E-state index is 12.0. The number of alkyl halides is 3. The van der Waals surface area contributed by atoms with Crippen molar-refractivity contribution in [1.29, 1.82) is 0 Å². The number of halogens is 3. The first-order valence-electron chi connectivity index (χ1n) is 5.60. The summed E-state index contributed by atoms with van der Waals surface area (Å²) in [6, 6.07) is 0. The quantitative estimate of drug-likeness (QED) is 0.817. The van der Waals surface area contributed by atoms with Gasteiger partial charge in [0.15, 0.2) is 0 Å². The second kappa shape index (κ2) is 4.53. The van der Waals surface area contributed by atoms with E-state index in [0.29, 0.717) is 13.0 Å². The summed E-state index contributed by atoms with van der Waals surface area (Å²) in [4.78, 5) is 0. The minimum atomic E-state index is -4.06. The van der Waals surface area contributed by atoms with Crippen LogP contribution >= 0.6 is 0 Å². The van der Waals surface area contributed by atoms with Crippen LogP contribution in [0.3, 0.4) is 0 Å². The molecule has 0 aromatic heterocycles. The number of hydrogen-bond acceptors (Lipinski definition) is 2. The lowest BCUT2D eigenvalue weighted by molar-refractivity contribution is -0.165. The average molecular weight is 239 g/mol. The topological polar surface area (TPSA) is 21.3 Å². The van der Waals surface area contributed by atoms with Crippen LogP contribution in [0.5, 0.6) is 0 Å². The Morgan fingerprint density at radius 1 is 1.19 bits per heavy atom. The summed E-state index contributed by atoms with van der Waals surface area (Å²) >= 11 is 0. The van der Waals surface area contributed by atoms with Crippen LogP contribution in [0.2, 0.25) is 0 Å². The Balaban J connectivity index is 2.40. The lowest BCUT2D eigenvalue weighted by Gasteiger charge is -2.44. The molecular formula is C11H20F3NO. The molecule has 0 saturated carbocycles. The Morgan fingerprint density at radius 3 is 2.31 bits per heavy atom. The molecule has 1 aliphatic rings. The van der Waals surface area contributed by atoms with E-state index in [2.05, 4.69) is 5.32 Å². The van der Waals surface area contributed by atoms with Crippen LogP contribution in [0.15, 0.2) is 0 Å². The maximum Gasteiger partial charge on any atom is 0.389 e. The van der Waals surface area contributed by atoms with Crippen molar-refractivity contribution in [1.82, 2.24) is 5.32 Å². The van der Waals surface area contributed by atoms with Gasteiger partial charge in [-0.3, -0.25) is 0 Å². The number of ether oxygens (including phenoxy) is 1. The predicted octanol–water partition coefficient (Wildman–Crippen LogP) is 2.88. The van der Waals surface area contributed by atoms with Gasteiger partial charge in [0.05, 0.1) is 11.2 Å². The van der Waals surface area contributed by atoms with E-state index in [0.717, 1.165) is 6.54 Å². The molecule has 0 aromatic carbocycles. The summed E-state index contributed by atoms with van der Waals surface area (Å²) in [5.74, 6) is 0. The second-order valence-electron chi connectivity index (χ2n) is 5.38. The average Bonchev–Trinajstić information content (AvgIpc) is 1.97. The van der Waals surface area contributed by atoms with Gasteiger partial charge < -0.3 is 10.1 Å². The smallest absolute Gasteiger partial charge is 0.367 e. The molecule has 0 aromatic rings. The van der Waals surface area contributed by atoms with Crippen molar-refractivity contribution in [3.05, 3.63) is 0 Å². The monoisotopic (exact) mass is 239 g/mol. The van der Waals surface area contributed by atoms with E-state index in [4.69, 9.17) is 4.74 Å². The van der Waals surface area contributed by atoms with Gasteiger partial charge in [-0.2, -0.15) is 13.2 Å². The predicted molar refractivity (Wildman–Crippen MR) is 56.3 cm³/mol. The second-order valence-corrected chi connectivity index (χ2v) is 5.38. The molecule has 1 N–H and O–H groups in total. The molecule has 0 amide bonds. The molecule has 96 valence electrons. The minimum Gasteiger partial charge on any atom is -0.367 e. The van der Waals surface area contributed by atoms with Crippen LogP contribution in [-0.2, 0) is 4.74 Å². The molecule has 0 aliphatic carbocycles. The molecule has 1 fully saturated rings. The molecule has 1 atom stereocenters. The Labute approximate surface area is 94.5 Å². The van der Waals surface area contributed by atoms with Gasteiger partial charge in [0.2, 0.25) is 0 Å². The van der Waals surface area contributed by atoms with E-state index < -0.39 is 18.2 Å². The fourth-order valence-corrected chi connectivity index (χ4v) is 2.17. The van der Waals surface area contributed by atoms with Crippen LogP contribution < -0.4 is 5.32 Å². The lowest BCUT2D eigenvalue weighted by atomic mass is 9.93. The van der Waals surface area contributed by atoms with Crippen molar-refractivity contribution in [2.24, 2.45) is 0 Å². The van der Waals surface area contributed by atoms with Gasteiger partial charge in [0.1, 0.15) is 0 Å². The molecule has 16 heavy (non-hydrogen) atoms. The molecule has 0 bridgehead atoms. The Morgan fingerprint density at radius 2 is 1.81 bits per heavy atom. The fraction of sp³-hybridized carbons (Fsp3) is 1.00. The van der Waals surface area contributed by atoms with Crippen LogP contribution in [0.1, 0.15) is 40.0 Å². The zero-order valence-corrected chi connectivity index (χ0v) is 10.1. The van der Waals surface area contributed by atoms with E-state index in [1.54, 1.807) is 0 Å². The van der Waals surface area contributed by atoms with Crippen LogP contribution in [0.25, 0.3) is 0 Å². The van der Waals surface area contributed by atoms with Gasteiger partial charge in [0, 0.05) is 19.5 Å². The van der Waals surface area contributed by atoms with Gasteiger partial charge in [-0.15, -0.1) is 0 Å². The third-order valence-corrected chi connectivity index (χ3v) is 2.74. The van der Waals surface area contributed by atoms with Gasteiger partial charge in [0.25, 0.3) is 0 Å². The zero-order chi connectivity index (χ0) is 12.4. The lowest BCUT2D eigenvalue weighted by Crippen LogP contribution is -2.56. The summed E-state index contributed by atoms with van der Waals surface area (Å²) in [5.41, 5.74) is -0.780. The molecule has 1 rings (SSSR count). The summed E-state index contributed by atoms with van der Waals surface area (Å²) in [6.45, 7) is 7.12. The van der Waals surface area contributed by atoms with E-state index in [9.17, 15) is 13.2 Å². The van der Waals surface area contributed by atoms with Crippen molar-refractivity contribution in [3.8, 4) is 0 Å². The molecular weight excluding hydrogens is 219 g/mol. The third-order valence-electron chi connectivity index (χ3n) is 2.74. The number of nitrogens with one attached hydrogen (secondary N) is 1. The van der Waals surface area contributed by atoms with Crippen LogP contribution in [0.4, 0.5) is 13.2 Å². The number of morpholine rings is 1. The number of hydrogen-bond donors (Lipinski definition) is 1. The largest absolute Gasteiger partial charge is 0.389 e. The zero-order valence-electron chi connectivity index (χ0n) is 10.1. The molecule has 5 heteroatoms. The van der Waals surface area contributed by atoms with E-state index in [1.165, 1.54) is 0 Å². The van der Waals surface area contributed by atoms with Crippen molar-refractivity contribution in [2.45, 2.75) is 57.4 Å². The number of rotatable bonds is 3. The van der Waals surface area contributed by atoms with Gasteiger partial charge >= 0.3 is 6.18 Å². The van der Waals surface area contributed by atoms with Gasteiger partial charge in [-0.05, 0) is 33.6 Å². The molecule has 1 heterocycles. The highest BCUT2D eigenvalue weighted by Gasteiger charge is 2.37. The Bertz CT molecular complexity index is 240. The van der Waals surface area contributed by atoms with Crippen molar-refractivity contribution < 1.29 is 17.9 Å². The van der Waals surface area contributed by atoms with Crippen molar-refractivity contribution in [2.75, 3.05) is 13.1 Å². The molecule has 2 nitrogen and oxygen atoms in total. The van der Waals surface area contributed by atoms with Crippen LogP contribution in [0, 0.1) is 0 Å². The molecule has 1 unspecified atom stereocenters. The first kappa shape index (κ1) is 13.8. The summed E-state index contributed by atoms with van der Waals surface area (Å²) < 4.78 is 41.9. The summed E-state index contributed by atoms with van der Waals surface area (Å²) in [6.07, 6.45) is -4.24. The fourth-order valence-electron chi connectivity index (χ4n) is 2.17. The van der Waals surface area contributed by atoms with Crippen molar-refractivity contribution in [3.63, 3.8) is 0 Å². The summed E-state index contributed by atoms with van der Waals surface area (Å²) in [5, 5.41) is 3.21. The maximum absolute atomic E-state index is 12.0. The highest BCUT2D eigenvalue weighted by Crippen LogP contribution is 2.30. The highest BCUT2D eigenvalue weighted by molar-refractivity contribution is 4.89. The summed E-state index contributed by atoms with van der Waals surface area (Å²) in [7, 11) is 0. The normalized spacial score (nSPS) is 30.4. The van der Waals surface area contributed by atoms with E-state index in [1.807, 2.05) is 20.8 Å². The van der Waals surface area contributed by atoms with Gasteiger partial charge in [-0.1, -0.05) is 0 Å². The first-order chi connectivity index (χ1) is 7.12. The standard InChI is InChI=1S/C11H20F3NO/c1-9(2)7-15-8-10(3,16-9)5-4-6-11(12,13)14/h15H,4-8H2,1-3H3. The SMILES string of the molecule is CC1(C)CNCC(C)(CCCC(F)(F)F)O1.